The molecule has 110 valence electrons. The summed E-state index contributed by atoms with van der Waals surface area (Å²) in [6.45, 7) is 5.22. The molecule has 0 aliphatic carbocycles. The number of hydrogen-bond donors (Lipinski definition) is 1. The van der Waals surface area contributed by atoms with E-state index in [1.54, 1.807) is 6.07 Å². The molecule has 0 spiro atoms. The van der Waals surface area contributed by atoms with Crippen molar-refractivity contribution in [3.63, 3.8) is 0 Å². The highest BCUT2D eigenvalue weighted by molar-refractivity contribution is 9.09. The number of carbonyl (C=O) groups excluding carboxylic acids is 1. The lowest BCUT2D eigenvalue weighted by atomic mass is 10.2. The van der Waals surface area contributed by atoms with Gasteiger partial charge in [-0.3, -0.25) is 4.79 Å². The topological polar surface area (TPSA) is 51.5 Å². The zero-order chi connectivity index (χ0) is 15.1. The summed E-state index contributed by atoms with van der Waals surface area (Å²) in [5, 5.41) is 10.9. The minimum atomic E-state index is -0.241. The van der Waals surface area contributed by atoms with E-state index in [-0.39, 0.29) is 11.3 Å². The average molecular weight is 342 g/mol. The van der Waals surface area contributed by atoms with Crippen molar-refractivity contribution in [1.82, 2.24) is 4.57 Å². The summed E-state index contributed by atoms with van der Waals surface area (Å²) >= 11 is 2.90. The number of rotatable bonds is 3. The zero-order valence-electron chi connectivity index (χ0n) is 12.0. The maximum atomic E-state index is 9.91. The van der Waals surface area contributed by atoms with Crippen molar-refractivity contribution < 1.29 is 14.6 Å². The largest absolute Gasteiger partial charge is 0.507 e. The number of ether oxygens (including phenoxy) is 1. The molecule has 2 rings (SSSR count). The Morgan fingerprint density at radius 1 is 1.40 bits per heavy atom. The second-order valence-corrected chi connectivity index (χ2v) is 4.71. The van der Waals surface area contributed by atoms with Crippen molar-refractivity contribution in [3.05, 3.63) is 30.0 Å². The number of benzene rings is 1. The highest BCUT2D eigenvalue weighted by atomic mass is 79.9. The molecule has 20 heavy (non-hydrogen) atoms. The second-order valence-electron chi connectivity index (χ2n) is 4.15. The van der Waals surface area contributed by atoms with Crippen LogP contribution >= 0.6 is 15.9 Å². The lowest BCUT2D eigenvalue weighted by Crippen LogP contribution is -1.99. The van der Waals surface area contributed by atoms with Crippen LogP contribution in [0.3, 0.4) is 0 Å². The van der Waals surface area contributed by atoms with E-state index in [0.717, 1.165) is 23.9 Å². The summed E-state index contributed by atoms with van der Waals surface area (Å²) in [7, 11) is 1.35. The van der Waals surface area contributed by atoms with Gasteiger partial charge in [0.25, 0.3) is 0 Å². The van der Waals surface area contributed by atoms with Crippen LogP contribution in [0, 0.1) is 0 Å². The number of hydrogen-bond acceptors (Lipinski definition) is 3. The van der Waals surface area contributed by atoms with Crippen LogP contribution in [-0.2, 0) is 22.5 Å². The van der Waals surface area contributed by atoms with Crippen LogP contribution in [0.1, 0.15) is 19.5 Å². The van der Waals surface area contributed by atoms with Gasteiger partial charge in [0.1, 0.15) is 11.1 Å². The first-order chi connectivity index (χ1) is 9.58. The molecule has 0 radical (unpaired) electrons. The number of nitrogens with zero attached hydrogens (tertiary/aromatic N) is 1. The number of methoxy groups -OCH3 is 1. The number of aromatic nitrogens is 1. The summed E-state index contributed by atoms with van der Waals surface area (Å²) in [6, 6.07) is 7.76. The molecule has 0 amide bonds. The monoisotopic (exact) mass is 341 g/mol. The highest BCUT2D eigenvalue weighted by Gasteiger charge is 2.08. The van der Waals surface area contributed by atoms with Crippen molar-refractivity contribution in [2.75, 3.05) is 12.4 Å². The van der Waals surface area contributed by atoms with Crippen LogP contribution in [-0.4, -0.2) is 28.1 Å². The molecule has 1 aromatic carbocycles. The van der Waals surface area contributed by atoms with Gasteiger partial charge in [-0.05, 0) is 31.5 Å². The van der Waals surface area contributed by atoms with Crippen molar-refractivity contribution in [2.45, 2.75) is 26.8 Å². The van der Waals surface area contributed by atoms with Gasteiger partial charge in [0.2, 0.25) is 0 Å². The molecule has 0 aliphatic heterocycles. The summed E-state index contributed by atoms with van der Waals surface area (Å²) in [6.07, 6.45) is 1.00. The third-order valence-electron chi connectivity index (χ3n) is 3.02. The Balaban J connectivity index is 0.000000286. The van der Waals surface area contributed by atoms with Crippen LogP contribution in [0.2, 0.25) is 0 Å². The molecule has 0 atom stereocenters. The van der Waals surface area contributed by atoms with Gasteiger partial charge in [0.05, 0.1) is 12.6 Å². The number of aromatic hydroxyl groups is 1. The van der Waals surface area contributed by atoms with E-state index in [4.69, 9.17) is 0 Å². The third-order valence-corrected chi connectivity index (χ3v) is 3.48. The molecule has 1 N–H and O–H groups in total. The molecular weight excluding hydrogens is 322 g/mol. The smallest absolute Gasteiger partial charge is 0.316 e. The summed E-state index contributed by atoms with van der Waals surface area (Å²) in [4.78, 5) is 9.91. The zero-order valence-corrected chi connectivity index (χ0v) is 13.6. The van der Waals surface area contributed by atoms with Gasteiger partial charge < -0.3 is 14.4 Å². The average Bonchev–Trinajstić information content (AvgIpc) is 2.86. The Morgan fingerprint density at radius 3 is 2.55 bits per heavy atom. The molecule has 0 saturated carbocycles. The Labute approximate surface area is 127 Å². The minimum absolute atomic E-state index is 0.241. The van der Waals surface area contributed by atoms with Crippen molar-refractivity contribution in [2.24, 2.45) is 0 Å². The molecule has 2 aromatic rings. The first kappa shape index (κ1) is 16.6. The van der Waals surface area contributed by atoms with Gasteiger partial charge in [0.15, 0.2) is 0 Å². The lowest BCUT2D eigenvalue weighted by Gasteiger charge is -2.05. The van der Waals surface area contributed by atoms with Crippen molar-refractivity contribution >= 4 is 32.8 Å². The Morgan fingerprint density at radius 2 is 2.10 bits per heavy atom. The number of phenols is 1. The van der Waals surface area contributed by atoms with E-state index in [1.807, 2.05) is 6.07 Å². The van der Waals surface area contributed by atoms with E-state index in [2.05, 4.69) is 51.2 Å². The molecule has 0 unspecified atom stereocenters. The van der Waals surface area contributed by atoms with E-state index >= 15 is 0 Å². The Bertz CT molecular complexity index is 572. The van der Waals surface area contributed by atoms with E-state index in [9.17, 15) is 9.90 Å². The maximum absolute atomic E-state index is 9.91. The quantitative estimate of drug-likeness (QED) is 0.686. The molecule has 0 fully saturated rings. The molecule has 0 saturated heterocycles. The Hall–Kier alpha value is -1.49. The molecule has 1 heterocycles. The SMILES string of the molecule is CCc1cc2c(O)cccc2n1CC.COC(=O)CBr. The summed E-state index contributed by atoms with van der Waals surface area (Å²) < 4.78 is 6.46. The van der Waals surface area contributed by atoms with E-state index in [1.165, 1.54) is 12.8 Å². The first-order valence-electron chi connectivity index (χ1n) is 6.51. The standard InChI is InChI=1S/C12H15NO.C3H5BrO2/c1-3-9-8-10-11(13(9)4-2)6-5-7-12(10)14;1-6-3(5)2-4/h5-8,14H,3-4H2,1-2H3;2H2,1H3. The van der Waals surface area contributed by atoms with Gasteiger partial charge in [-0.25, -0.2) is 0 Å². The van der Waals surface area contributed by atoms with Gasteiger partial charge in [0, 0.05) is 17.6 Å². The predicted octanol–water partition coefficient (Wildman–Crippen LogP) is 3.48. The van der Waals surface area contributed by atoms with Crippen LogP contribution in [0.5, 0.6) is 5.75 Å². The van der Waals surface area contributed by atoms with Gasteiger partial charge in [-0.2, -0.15) is 0 Å². The van der Waals surface area contributed by atoms with Gasteiger partial charge in [-0.15, -0.1) is 0 Å². The maximum Gasteiger partial charge on any atom is 0.316 e. The number of aryl methyl sites for hydroxylation is 2. The number of carbonyl (C=O) groups is 1. The molecule has 1 aromatic heterocycles. The highest BCUT2D eigenvalue weighted by Crippen LogP contribution is 2.27. The summed E-state index contributed by atoms with van der Waals surface area (Å²) in [5.74, 6) is 0.138. The minimum Gasteiger partial charge on any atom is -0.507 e. The second kappa shape index (κ2) is 7.94. The van der Waals surface area contributed by atoms with Crippen LogP contribution in [0.4, 0.5) is 0 Å². The van der Waals surface area contributed by atoms with E-state index in [0.29, 0.717) is 5.75 Å². The van der Waals surface area contributed by atoms with Crippen molar-refractivity contribution in [3.8, 4) is 5.75 Å². The fourth-order valence-electron chi connectivity index (χ4n) is 2.04. The number of fused-ring (bicyclic) bond motifs is 1. The van der Waals surface area contributed by atoms with Crippen molar-refractivity contribution in [1.29, 1.82) is 0 Å². The fourth-order valence-corrected chi connectivity index (χ4v) is 2.27. The van der Waals surface area contributed by atoms with Gasteiger partial charge in [-0.1, -0.05) is 28.9 Å². The van der Waals surface area contributed by atoms with Gasteiger partial charge >= 0.3 is 5.97 Å². The number of alkyl halides is 1. The molecule has 5 heteroatoms. The van der Waals surface area contributed by atoms with Crippen LogP contribution < -0.4 is 0 Å². The number of phenolic OH excluding ortho intramolecular Hbond substituents is 1. The van der Waals surface area contributed by atoms with Crippen LogP contribution in [0.15, 0.2) is 24.3 Å². The molecule has 0 bridgehead atoms. The third kappa shape index (κ3) is 3.76. The summed E-state index contributed by atoms with van der Waals surface area (Å²) in [5.41, 5.74) is 2.41. The molecular formula is C15H20BrNO3. The first-order valence-corrected chi connectivity index (χ1v) is 7.63. The normalized spacial score (nSPS) is 10.0. The number of esters is 1. The Kier molecular flexibility index (Phi) is 6.58. The van der Waals surface area contributed by atoms with E-state index < -0.39 is 0 Å². The number of halogens is 1. The fraction of sp³-hybridized carbons (Fsp3) is 0.400. The molecule has 4 nitrogen and oxygen atoms in total. The molecule has 0 aliphatic rings. The van der Waals surface area contributed by atoms with Crippen LogP contribution in [0.25, 0.3) is 10.9 Å². The predicted molar refractivity (Wildman–Crippen MR) is 84.5 cm³/mol. The lowest BCUT2D eigenvalue weighted by molar-refractivity contribution is -0.137.